The predicted octanol–water partition coefficient (Wildman–Crippen LogP) is 2.10. The van der Waals surface area contributed by atoms with Gasteiger partial charge in [-0.2, -0.15) is 4.31 Å². The Morgan fingerprint density at radius 1 is 1.45 bits per heavy atom. The number of hydrogen-bond acceptors (Lipinski definition) is 4. The van der Waals surface area contributed by atoms with E-state index in [-0.39, 0.29) is 16.9 Å². The second-order valence-electron chi connectivity index (χ2n) is 6.55. The minimum Gasteiger partial charge on any atom is -0.464 e. The number of sulfonamides is 1. The van der Waals surface area contributed by atoms with E-state index in [1.165, 1.54) is 0 Å². The van der Waals surface area contributed by atoms with Crippen molar-refractivity contribution in [2.45, 2.75) is 45.6 Å². The first-order valence-corrected chi connectivity index (χ1v) is 8.40. The molecule has 0 bridgehead atoms. The van der Waals surface area contributed by atoms with Crippen LogP contribution in [0.3, 0.4) is 0 Å². The van der Waals surface area contributed by atoms with E-state index < -0.39 is 10.0 Å². The van der Waals surface area contributed by atoms with E-state index in [4.69, 9.17) is 10.2 Å². The Balaban J connectivity index is 2.26. The zero-order valence-electron chi connectivity index (χ0n) is 12.6. The summed E-state index contributed by atoms with van der Waals surface area (Å²) in [6.45, 7) is 9.50. The molecular weight excluding hydrogens is 276 g/mol. The first-order valence-electron chi connectivity index (χ1n) is 6.96. The van der Waals surface area contributed by atoms with Crippen LogP contribution in [-0.4, -0.2) is 25.8 Å². The monoisotopic (exact) mass is 300 g/mol. The molecule has 2 rings (SSSR count). The molecule has 0 aromatic carbocycles. The lowest BCUT2D eigenvalue weighted by molar-refractivity contribution is 0.252. The molecule has 0 saturated carbocycles. The highest BCUT2D eigenvalue weighted by Crippen LogP contribution is 2.36. The predicted molar refractivity (Wildman–Crippen MR) is 77.7 cm³/mol. The molecule has 2 N–H and O–H groups in total. The summed E-state index contributed by atoms with van der Waals surface area (Å²) < 4.78 is 32.3. The van der Waals surface area contributed by atoms with Crippen LogP contribution in [-0.2, 0) is 16.6 Å². The standard InChI is InChI=1S/C14H24N2O3S/c1-10-13(7-12(8-15)19-10)20(17,18)16-6-5-11(9-16)14(2,3)4/h7,11H,5-6,8-9,15H2,1-4H3. The average Bonchev–Trinajstić information content (AvgIpc) is 2.94. The molecular formula is C14H24N2O3S. The van der Waals surface area contributed by atoms with Gasteiger partial charge in [0.1, 0.15) is 16.4 Å². The number of furan rings is 1. The SMILES string of the molecule is Cc1oc(CN)cc1S(=O)(=O)N1CCC(C(C)(C)C)C1. The van der Waals surface area contributed by atoms with Gasteiger partial charge in [-0.15, -0.1) is 0 Å². The lowest BCUT2D eigenvalue weighted by atomic mass is 9.80. The van der Waals surface area contributed by atoms with Gasteiger partial charge >= 0.3 is 0 Å². The van der Waals surface area contributed by atoms with Gasteiger partial charge in [-0.3, -0.25) is 0 Å². The van der Waals surface area contributed by atoms with E-state index in [2.05, 4.69) is 20.8 Å². The van der Waals surface area contributed by atoms with Crippen LogP contribution in [0.25, 0.3) is 0 Å². The van der Waals surface area contributed by atoms with Crippen LogP contribution in [0.4, 0.5) is 0 Å². The molecule has 1 aliphatic rings. The fraction of sp³-hybridized carbons (Fsp3) is 0.714. The van der Waals surface area contributed by atoms with Crippen molar-refractivity contribution in [3.63, 3.8) is 0 Å². The second-order valence-corrected chi connectivity index (χ2v) is 8.46. The molecule has 0 radical (unpaired) electrons. The van der Waals surface area contributed by atoms with Crippen molar-refractivity contribution in [3.8, 4) is 0 Å². The van der Waals surface area contributed by atoms with Crippen molar-refractivity contribution in [1.82, 2.24) is 4.31 Å². The summed E-state index contributed by atoms with van der Waals surface area (Å²) >= 11 is 0. The zero-order chi connectivity index (χ0) is 15.1. The quantitative estimate of drug-likeness (QED) is 0.927. The summed E-state index contributed by atoms with van der Waals surface area (Å²) in [5.74, 6) is 1.32. The first kappa shape index (κ1) is 15.5. The maximum Gasteiger partial charge on any atom is 0.246 e. The van der Waals surface area contributed by atoms with Crippen molar-refractivity contribution in [1.29, 1.82) is 0 Å². The molecule has 6 heteroatoms. The van der Waals surface area contributed by atoms with Crippen LogP contribution in [0.15, 0.2) is 15.4 Å². The van der Waals surface area contributed by atoms with Gasteiger partial charge in [0, 0.05) is 19.2 Å². The van der Waals surface area contributed by atoms with Crippen LogP contribution in [0.1, 0.15) is 38.7 Å². The van der Waals surface area contributed by atoms with Crippen molar-refractivity contribution in [2.24, 2.45) is 17.1 Å². The molecule has 1 fully saturated rings. The summed E-state index contributed by atoms with van der Waals surface area (Å²) in [5, 5.41) is 0. The topological polar surface area (TPSA) is 76.5 Å². The van der Waals surface area contributed by atoms with E-state index in [9.17, 15) is 8.42 Å². The Hall–Kier alpha value is -0.850. The van der Waals surface area contributed by atoms with E-state index in [0.717, 1.165) is 6.42 Å². The maximum atomic E-state index is 12.7. The van der Waals surface area contributed by atoms with Crippen LogP contribution < -0.4 is 5.73 Å². The normalized spacial score (nSPS) is 21.6. The Kier molecular flexibility index (Phi) is 4.01. The first-order chi connectivity index (χ1) is 9.16. The summed E-state index contributed by atoms with van der Waals surface area (Å²) in [6.07, 6.45) is 0.906. The molecule has 1 atom stereocenters. The van der Waals surface area contributed by atoms with Gasteiger partial charge in [-0.05, 0) is 24.7 Å². The van der Waals surface area contributed by atoms with Gasteiger partial charge in [0.05, 0.1) is 6.54 Å². The Labute approximate surface area is 121 Å². The highest BCUT2D eigenvalue weighted by molar-refractivity contribution is 7.89. The smallest absolute Gasteiger partial charge is 0.246 e. The molecule has 114 valence electrons. The Morgan fingerprint density at radius 2 is 2.10 bits per heavy atom. The second kappa shape index (κ2) is 5.16. The summed E-state index contributed by atoms with van der Waals surface area (Å²) in [4.78, 5) is 0.257. The van der Waals surface area contributed by atoms with Crippen molar-refractivity contribution < 1.29 is 12.8 Å². The highest BCUT2D eigenvalue weighted by atomic mass is 32.2. The third kappa shape index (κ3) is 2.77. The zero-order valence-corrected chi connectivity index (χ0v) is 13.5. The summed E-state index contributed by atoms with van der Waals surface area (Å²) in [6, 6.07) is 1.55. The van der Waals surface area contributed by atoms with Crippen LogP contribution in [0, 0.1) is 18.3 Å². The summed E-state index contributed by atoms with van der Waals surface area (Å²) in [5.41, 5.74) is 5.63. The third-order valence-corrected chi connectivity index (χ3v) is 6.09. The molecule has 1 aromatic heterocycles. The van der Waals surface area contributed by atoms with E-state index in [1.807, 2.05) is 0 Å². The third-order valence-electron chi connectivity index (χ3n) is 4.12. The molecule has 5 nitrogen and oxygen atoms in total. The fourth-order valence-corrected chi connectivity index (χ4v) is 4.36. The van der Waals surface area contributed by atoms with Crippen molar-refractivity contribution >= 4 is 10.0 Å². The molecule has 1 aromatic rings. The van der Waals surface area contributed by atoms with E-state index >= 15 is 0 Å². The van der Waals surface area contributed by atoms with Crippen LogP contribution in [0.5, 0.6) is 0 Å². The Bertz CT molecular complexity index is 584. The highest BCUT2D eigenvalue weighted by Gasteiger charge is 2.38. The molecule has 2 heterocycles. The van der Waals surface area contributed by atoms with E-state index in [0.29, 0.717) is 30.5 Å². The molecule has 1 unspecified atom stereocenters. The lowest BCUT2D eigenvalue weighted by Gasteiger charge is -2.26. The maximum absolute atomic E-state index is 12.7. The van der Waals surface area contributed by atoms with Crippen LogP contribution in [0.2, 0.25) is 0 Å². The van der Waals surface area contributed by atoms with Gasteiger partial charge < -0.3 is 10.2 Å². The number of aryl methyl sites for hydroxylation is 1. The largest absolute Gasteiger partial charge is 0.464 e. The molecule has 1 saturated heterocycles. The van der Waals surface area contributed by atoms with Crippen LogP contribution >= 0.6 is 0 Å². The fourth-order valence-electron chi connectivity index (χ4n) is 2.67. The number of rotatable bonds is 3. The van der Waals surface area contributed by atoms with Gasteiger partial charge in [0.2, 0.25) is 10.0 Å². The van der Waals surface area contributed by atoms with Gasteiger partial charge in [0.15, 0.2) is 0 Å². The molecule has 0 spiro atoms. The number of nitrogens with zero attached hydrogens (tertiary/aromatic N) is 1. The van der Waals surface area contributed by atoms with Crippen molar-refractivity contribution in [3.05, 3.63) is 17.6 Å². The van der Waals surface area contributed by atoms with Crippen molar-refractivity contribution in [2.75, 3.05) is 13.1 Å². The van der Waals surface area contributed by atoms with Gasteiger partial charge in [-0.25, -0.2) is 8.42 Å². The van der Waals surface area contributed by atoms with E-state index in [1.54, 1.807) is 17.3 Å². The lowest BCUT2D eigenvalue weighted by Crippen LogP contribution is -2.31. The molecule has 20 heavy (non-hydrogen) atoms. The molecule has 1 aliphatic heterocycles. The number of hydrogen-bond donors (Lipinski definition) is 1. The number of nitrogens with two attached hydrogens (primary N) is 1. The minimum atomic E-state index is -3.47. The van der Waals surface area contributed by atoms with Gasteiger partial charge in [-0.1, -0.05) is 20.8 Å². The summed E-state index contributed by atoms with van der Waals surface area (Å²) in [7, 11) is -3.47. The molecule has 0 amide bonds. The Morgan fingerprint density at radius 3 is 2.55 bits per heavy atom. The average molecular weight is 300 g/mol. The van der Waals surface area contributed by atoms with Gasteiger partial charge in [0.25, 0.3) is 0 Å². The molecule has 0 aliphatic carbocycles. The minimum absolute atomic E-state index is 0.123.